The maximum atomic E-state index is 12.9. The summed E-state index contributed by atoms with van der Waals surface area (Å²) in [6.07, 6.45) is 0. The van der Waals surface area contributed by atoms with E-state index in [1.54, 1.807) is 0 Å². The molecule has 0 aliphatic carbocycles. The van der Waals surface area contributed by atoms with Gasteiger partial charge in [0.2, 0.25) is 0 Å². The van der Waals surface area contributed by atoms with Crippen molar-refractivity contribution in [3.8, 4) is 16.3 Å². The summed E-state index contributed by atoms with van der Waals surface area (Å²) in [7, 11) is 0. The first kappa shape index (κ1) is 19.6. The van der Waals surface area contributed by atoms with Gasteiger partial charge in [0.15, 0.2) is 5.76 Å². The van der Waals surface area contributed by atoms with Gasteiger partial charge in [-0.2, -0.15) is 0 Å². The first-order valence-electron chi connectivity index (χ1n) is 9.75. The highest BCUT2D eigenvalue weighted by Gasteiger charge is 2.24. The summed E-state index contributed by atoms with van der Waals surface area (Å²) < 4.78 is 10.8. The zero-order valence-electron chi connectivity index (χ0n) is 16.6. The summed E-state index contributed by atoms with van der Waals surface area (Å²) in [5.41, 5.74) is 2.39. The monoisotopic (exact) mass is 412 g/mol. The molecule has 4 rings (SSSR count). The van der Waals surface area contributed by atoms with Gasteiger partial charge in [-0.05, 0) is 38.1 Å². The number of carbonyl (C=O) groups excluding carboxylic acids is 1. The molecule has 0 unspecified atom stereocenters. The fourth-order valence-corrected chi connectivity index (χ4v) is 4.15. The quantitative estimate of drug-likeness (QED) is 0.617. The van der Waals surface area contributed by atoms with Gasteiger partial charge < -0.3 is 14.2 Å². The van der Waals surface area contributed by atoms with Crippen molar-refractivity contribution in [3.05, 3.63) is 52.9 Å². The molecule has 1 saturated heterocycles. The molecule has 7 nitrogen and oxygen atoms in total. The number of thiazole rings is 1. The highest BCUT2D eigenvalue weighted by Crippen LogP contribution is 2.26. The average molecular weight is 413 g/mol. The van der Waals surface area contributed by atoms with Crippen LogP contribution in [-0.2, 0) is 6.54 Å². The minimum Gasteiger partial charge on any atom is -0.494 e. The van der Waals surface area contributed by atoms with Crippen molar-refractivity contribution in [3.63, 3.8) is 0 Å². The zero-order chi connectivity index (χ0) is 20.2. The third-order valence-electron chi connectivity index (χ3n) is 4.85. The molecular formula is C21H24N4O3S. The lowest BCUT2D eigenvalue weighted by molar-refractivity contribution is 0.0612. The average Bonchev–Trinajstić information content (AvgIpc) is 3.38. The van der Waals surface area contributed by atoms with Gasteiger partial charge in [-0.1, -0.05) is 5.16 Å². The molecule has 1 aromatic carbocycles. The van der Waals surface area contributed by atoms with E-state index in [2.05, 4.69) is 15.0 Å². The molecule has 3 heterocycles. The Kier molecular flexibility index (Phi) is 5.92. The smallest absolute Gasteiger partial charge is 0.273 e. The number of hydrogen-bond donors (Lipinski definition) is 0. The van der Waals surface area contributed by atoms with Crippen LogP contribution in [0, 0.1) is 6.92 Å². The van der Waals surface area contributed by atoms with Crippen molar-refractivity contribution in [2.45, 2.75) is 20.4 Å². The third kappa shape index (κ3) is 4.65. The van der Waals surface area contributed by atoms with E-state index in [9.17, 15) is 4.79 Å². The molecule has 0 atom stereocenters. The van der Waals surface area contributed by atoms with Crippen LogP contribution in [0.25, 0.3) is 10.6 Å². The van der Waals surface area contributed by atoms with Crippen LogP contribution in [-0.4, -0.2) is 58.6 Å². The molecule has 0 spiro atoms. The summed E-state index contributed by atoms with van der Waals surface area (Å²) in [6.45, 7) is 8.22. The Hall–Kier alpha value is -2.71. The van der Waals surface area contributed by atoms with E-state index in [1.165, 1.54) is 11.3 Å². The summed E-state index contributed by atoms with van der Waals surface area (Å²) in [4.78, 5) is 21.6. The number of amides is 1. The van der Waals surface area contributed by atoms with Gasteiger partial charge in [0.05, 0.1) is 18.8 Å². The van der Waals surface area contributed by atoms with E-state index in [-0.39, 0.29) is 5.91 Å². The Labute approximate surface area is 173 Å². The molecule has 0 saturated carbocycles. The normalized spacial score (nSPS) is 14.9. The van der Waals surface area contributed by atoms with E-state index >= 15 is 0 Å². The number of rotatable bonds is 6. The Bertz CT molecular complexity index is 958. The summed E-state index contributed by atoms with van der Waals surface area (Å²) >= 11 is 1.49. The second-order valence-corrected chi connectivity index (χ2v) is 7.86. The van der Waals surface area contributed by atoms with Gasteiger partial charge in [-0.25, -0.2) is 4.98 Å². The number of carbonyl (C=O) groups is 1. The van der Waals surface area contributed by atoms with Crippen molar-refractivity contribution >= 4 is 17.2 Å². The molecule has 8 heteroatoms. The van der Waals surface area contributed by atoms with E-state index < -0.39 is 0 Å². The Morgan fingerprint density at radius 2 is 1.97 bits per heavy atom. The van der Waals surface area contributed by atoms with Crippen LogP contribution in [0.2, 0.25) is 0 Å². The van der Waals surface area contributed by atoms with E-state index in [0.29, 0.717) is 25.4 Å². The van der Waals surface area contributed by atoms with Gasteiger partial charge in [-0.15, -0.1) is 11.3 Å². The van der Waals surface area contributed by atoms with E-state index in [1.807, 2.05) is 54.5 Å². The van der Waals surface area contributed by atoms with Crippen LogP contribution >= 0.6 is 11.3 Å². The van der Waals surface area contributed by atoms with Crippen LogP contribution < -0.4 is 4.74 Å². The van der Waals surface area contributed by atoms with Gasteiger partial charge in [0.25, 0.3) is 5.91 Å². The molecular weight excluding hydrogens is 388 g/mol. The van der Waals surface area contributed by atoms with Crippen molar-refractivity contribution < 1.29 is 14.1 Å². The second-order valence-electron chi connectivity index (χ2n) is 7.00. The SMILES string of the molecule is CCOc1ccc(-c2nc(C(=O)N3CCN(Cc4cc(C)no4)CC3)cs2)cc1. The fourth-order valence-electron chi connectivity index (χ4n) is 3.35. The molecule has 1 fully saturated rings. The minimum atomic E-state index is -0.00593. The van der Waals surface area contributed by atoms with Gasteiger partial charge in [-0.3, -0.25) is 9.69 Å². The molecule has 152 valence electrons. The maximum Gasteiger partial charge on any atom is 0.273 e. The zero-order valence-corrected chi connectivity index (χ0v) is 17.4. The fraction of sp³-hybridized carbons (Fsp3) is 0.381. The van der Waals surface area contributed by atoms with Crippen molar-refractivity contribution in [1.82, 2.24) is 19.9 Å². The number of benzene rings is 1. The van der Waals surface area contributed by atoms with E-state index in [4.69, 9.17) is 9.26 Å². The second kappa shape index (κ2) is 8.75. The van der Waals surface area contributed by atoms with Crippen LogP contribution in [0.4, 0.5) is 0 Å². The first-order valence-corrected chi connectivity index (χ1v) is 10.6. The highest BCUT2D eigenvalue weighted by molar-refractivity contribution is 7.13. The van der Waals surface area contributed by atoms with Crippen LogP contribution in [0.1, 0.15) is 28.9 Å². The number of aromatic nitrogens is 2. The van der Waals surface area contributed by atoms with E-state index in [0.717, 1.165) is 47.4 Å². The molecule has 0 N–H and O–H groups in total. The number of ether oxygens (including phenoxy) is 1. The van der Waals surface area contributed by atoms with Crippen LogP contribution in [0.3, 0.4) is 0 Å². The first-order chi connectivity index (χ1) is 14.1. The molecule has 1 amide bonds. The largest absolute Gasteiger partial charge is 0.494 e. The van der Waals surface area contributed by atoms with Gasteiger partial charge in [0, 0.05) is 43.2 Å². The maximum absolute atomic E-state index is 12.9. The third-order valence-corrected chi connectivity index (χ3v) is 5.74. The molecule has 1 aliphatic rings. The predicted octanol–water partition coefficient (Wildman–Crippen LogP) is 3.46. The number of nitrogens with zero attached hydrogens (tertiary/aromatic N) is 4. The number of piperazine rings is 1. The predicted molar refractivity (Wildman–Crippen MR) is 111 cm³/mol. The van der Waals surface area contributed by atoms with Crippen LogP contribution in [0.5, 0.6) is 5.75 Å². The summed E-state index contributed by atoms with van der Waals surface area (Å²) in [6, 6.07) is 9.76. The molecule has 0 radical (unpaired) electrons. The Morgan fingerprint density at radius 3 is 2.62 bits per heavy atom. The number of aryl methyl sites for hydroxylation is 1. The lowest BCUT2D eigenvalue weighted by Gasteiger charge is -2.33. The lowest BCUT2D eigenvalue weighted by atomic mass is 10.2. The molecule has 3 aromatic rings. The summed E-state index contributed by atoms with van der Waals surface area (Å²) in [5.74, 6) is 1.69. The highest BCUT2D eigenvalue weighted by atomic mass is 32.1. The Morgan fingerprint density at radius 1 is 1.21 bits per heavy atom. The summed E-state index contributed by atoms with van der Waals surface area (Å²) in [5, 5.41) is 6.61. The molecule has 29 heavy (non-hydrogen) atoms. The molecule has 2 aromatic heterocycles. The van der Waals surface area contributed by atoms with Crippen molar-refractivity contribution in [2.24, 2.45) is 0 Å². The van der Waals surface area contributed by atoms with Gasteiger partial charge >= 0.3 is 0 Å². The minimum absolute atomic E-state index is 0.00593. The topological polar surface area (TPSA) is 71.7 Å². The standard InChI is InChI=1S/C21H24N4O3S/c1-3-27-17-6-4-16(5-7-17)20-22-19(14-29-20)21(26)25-10-8-24(9-11-25)13-18-12-15(2)23-28-18/h4-7,12,14H,3,8-11,13H2,1-2H3. The van der Waals surface area contributed by atoms with Crippen LogP contribution in [0.15, 0.2) is 40.2 Å². The Balaban J connectivity index is 1.34. The van der Waals surface area contributed by atoms with Gasteiger partial charge in [0.1, 0.15) is 16.5 Å². The number of hydrogen-bond acceptors (Lipinski definition) is 7. The molecule has 1 aliphatic heterocycles. The lowest BCUT2D eigenvalue weighted by Crippen LogP contribution is -2.48. The van der Waals surface area contributed by atoms with Crippen molar-refractivity contribution in [2.75, 3.05) is 32.8 Å². The molecule has 0 bridgehead atoms. The van der Waals surface area contributed by atoms with Crippen molar-refractivity contribution in [1.29, 1.82) is 0 Å².